The van der Waals surface area contributed by atoms with Crippen molar-refractivity contribution in [1.29, 1.82) is 0 Å². The predicted octanol–water partition coefficient (Wildman–Crippen LogP) is 2.77. The average molecular weight is 412 g/mol. The molecule has 1 amide bonds. The van der Waals surface area contributed by atoms with Gasteiger partial charge in [0.15, 0.2) is 11.5 Å². The predicted molar refractivity (Wildman–Crippen MR) is 109 cm³/mol. The minimum atomic E-state index is -0.553. The zero-order valence-electron chi connectivity index (χ0n) is 17.2. The normalized spacial score (nSPS) is 17.2. The molecule has 0 unspecified atom stereocenters. The van der Waals surface area contributed by atoms with E-state index in [1.807, 2.05) is 18.0 Å². The fraction of sp³-hybridized carbons (Fsp3) is 0.364. The third-order valence-electron chi connectivity index (χ3n) is 5.31. The molecule has 0 saturated heterocycles. The number of anilines is 1. The van der Waals surface area contributed by atoms with E-state index in [1.165, 1.54) is 0 Å². The van der Waals surface area contributed by atoms with E-state index < -0.39 is 12.0 Å². The molecule has 8 heteroatoms. The molecule has 2 aromatic carbocycles. The van der Waals surface area contributed by atoms with Gasteiger partial charge in [-0.25, -0.2) is 4.79 Å². The molecule has 1 atom stereocenters. The van der Waals surface area contributed by atoms with Gasteiger partial charge in [0.25, 0.3) is 0 Å². The molecule has 2 heterocycles. The molecule has 0 aromatic heterocycles. The van der Waals surface area contributed by atoms with Gasteiger partial charge in [0.2, 0.25) is 18.4 Å². The maximum atomic E-state index is 13.3. The maximum absolute atomic E-state index is 13.3. The highest BCUT2D eigenvalue weighted by atomic mass is 16.7. The lowest BCUT2D eigenvalue weighted by molar-refractivity contribution is -0.121. The van der Waals surface area contributed by atoms with Gasteiger partial charge in [0.05, 0.1) is 19.3 Å². The summed E-state index contributed by atoms with van der Waals surface area (Å²) in [7, 11) is 3.47. The van der Waals surface area contributed by atoms with Crippen LogP contribution < -0.4 is 19.5 Å². The summed E-state index contributed by atoms with van der Waals surface area (Å²) >= 11 is 0. The standard InChI is InChI=1S/C22H24N2O6/c1-4-28-22(26)13-5-7-15(8-6-13)23-21(25)18-17-14(9-10-24(18)2)11-16-19(20(17)27-3)30-12-29-16/h5-8,11,18H,4,9-10,12H2,1-3H3,(H,23,25)/t18-/m0/s1. The first kappa shape index (κ1) is 20.0. The smallest absolute Gasteiger partial charge is 0.338 e. The molecule has 2 aliphatic heterocycles. The van der Waals surface area contributed by atoms with Crippen LogP contribution in [-0.2, 0) is 16.0 Å². The van der Waals surface area contributed by atoms with Crippen molar-refractivity contribution < 1.29 is 28.5 Å². The van der Waals surface area contributed by atoms with Crippen LogP contribution in [0.4, 0.5) is 5.69 Å². The van der Waals surface area contributed by atoms with Gasteiger partial charge >= 0.3 is 5.97 Å². The van der Waals surface area contributed by atoms with Gasteiger partial charge in [0, 0.05) is 17.8 Å². The van der Waals surface area contributed by atoms with Gasteiger partial charge in [-0.15, -0.1) is 0 Å². The van der Waals surface area contributed by atoms with E-state index in [2.05, 4.69) is 5.32 Å². The number of carbonyl (C=O) groups excluding carboxylic acids is 2. The lowest BCUT2D eigenvalue weighted by Crippen LogP contribution is -2.39. The van der Waals surface area contributed by atoms with Crippen LogP contribution >= 0.6 is 0 Å². The minimum Gasteiger partial charge on any atom is -0.492 e. The average Bonchev–Trinajstić information content (AvgIpc) is 3.21. The summed E-state index contributed by atoms with van der Waals surface area (Å²) in [5.41, 5.74) is 2.82. The Hall–Kier alpha value is -3.26. The number of benzene rings is 2. The van der Waals surface area contributed by atoms with Crippen molar-refractivity contribution in [2.75, 3.05) is 39.4 Å². The summed E-state index contributed by atoms with van der Waals surface area (Å²) in [6, 6.07) is 8.01. The summed E-state index contributed by atoms with van der Waals surface area (Å²) in [5.74, 6) is 1.12. The Morgan fingerprint density at radius 2 is 2.00 bits per heavy atom. The number of hydrogen-bond donors (Lipinski definition) is 1. The van der Waals surface area contributed by atoms with Gasteiger partial charge in [0.1, 0.15) is 6.04 Å². The Labute approximate surface area is 174 Å². The second kappa shape index (κ2) is 8.23. The van der Waals surface area contributed by atoms with Crippen LogP contribution in [0.2, 0.25) is 0 Å². The number of rotatable bonds is 5. The van der Waals surface area contributed by atoms with E-state index in [0.29, 0.717) is 35.1 Å². The third-order valence-corrected chi connectivity index (χ3v) is 5.31. The largest absolute Gasteiger partial charge is 0.492 e. The van der Waals surface area contributed by atoms with Crippen molar-refractivity contribution in [1.82, 2.24) is 4.90 Å². The number of hydrogen-bond acceptors (Lipinski definition) is 7. The summed E-state index contributed by atoms with van der Waals surface area (Å²) in [5, 5.41) is 2.94. The van der Waals surface area contributed by atoms with Crippen molar-refractivity contribution in [2.45, 2.75) is 19.4 Å². The SMILES string of the molecule is CCOC(=O)c1ccc(NC(=O)[C@@H]2c3c(cc4c(c3OC)OCO4)CCN2C)cc1. The van der Waals surface area contributed by atoms with Crippen LogP contribution in [-0.4, -0.2) is 50.9 Å². The highest BCUT2D eigenvalue weighted by Gasteiger charge is 2.37. The van der Waals surface area contributed by atoms with Crippen molar-refractivity contribution in [3.05, 3.63) is 47.0 Å². The first-order valence-electron chi connectivity index (χ1n) is 9.81. The summed E-state index contributed by atoms with van der Waals surface area (Å²) in [4.78, 5) is 27.1. The Bertz CT molecular complexity index is 973. The molecule has 2 aliphatic rings. The zero-order chi connectivity index (χ0) is 21.3. The molecule has 1 N–H and O–H groups in total. The fourth-order valence-electron chi connectivity index (χ4n) is 3.88. The number of esters is 1. The molecule has 30 heavy (non-hydrogen) atoms. The van der Waals surface area contributed by atoms with Gasteiger partial charge in [-0.3, -0.25) is 9.69 Å². The number of nitrogens with one attached hydrogen (secondary N) is 1. The molecule has 0 fully saturated rings. The number of likely N-dealkylation sites (N-methyl/N-ethyl adjacent to an activating group) is 1. The number of carbonyl (C=O) groups is 2. The zero-order valence-corrected chi connectivity index (χ0v) is 17.2. The second-order valence-electron chi connectivity index (χ2n) is 7.14. The molecule has 158 valence electrons. The Balaban J connectivity index is 1.62. The van der Waals surface area contributed by atoms with Crippen molar-refractivity contribution >= 4 is 17.6 Å². The third kappa shape index (κ3) is 3.54. The minimum absolute atomic E-state index is 0.133. The van der Waals surface area contributed by atoms with Crippen LogP contribution in [0.3, 0.4) is 0 Å². The van der Waals surface area contributed by atoms with Crippen LogP contribution in [0, 0.1) is 0 Å². The van der Waals surface area contributed by atoms with E-state index in [9.17, 15) is 9.59 Å². The van der Waals surface area contributed by atoms with Crippen molar-refractivity contribution in [3.63, 3.8) is 0 Å². The van der Waals surface area contributed by atoms with Gasteiger partial charge in [-0.05, 0) is 56.3 Å². The molecule has 4 rings (SSSR count). The van der Waals surface area contributed by atoms with E-state index in [1.54, 1.807) is 38.3 Å². The number of nitrogens with zero attached hydrogens (tertiary/aromatic N) is 1. The Morgan fingerprint density at radius 3 is 2.70 bits per heavy atom. The van der Waals surface area contributed by atoms with Crippen LogP contribution in [0.1, 0.15) is 34.5 Å². The fourth-order valence-corrected chi connectivity index (χ4v) is 3.88. The first-order valence-corrected chi connectivity index (χ1v) is 9.81. The summed E-state index contributed by atoms with van der Waals surface area (Å²) in [6.45, 7) is 2.92. The highest BCUT2D eigenvalue weighted by Crippen LogP contribution is 2.49. The molecule has 0 bridgehead atoms. The Morgan fingerprint density at radius 1 is 1.23 bits per heavy atom. The topological polar surface area (TPSA) is 86.3 Å². The molecule has 8 nitrogen and oxygen atoms in total. The molecule has 0 spiro atoms. The Kier molecular flexibility index (Phi) is 5.50. The number of amides is 1. The monoisotopic (exact) mass is 412 g/mol. The van der Waals surface area contributed by atoms with E-state index in [-0.39, 0.29) is 12.7 Å². The quantitative estimate of drug-likeness (QED) is 0.756. The molecular formula is C22H24N2O6. The lowest BCUT2D eigenvalue weighted by atomic mass is 9.90. The number of fused-ring (bicyclic) bond motifs is 2. The van der Waals surface area contributed by atoms with Gasteiger partial charge in [-0.1, -0.05) is 0 Å². The molecule has 2 aromatic rings. The number of methoxy groups -OCH3 is 1. The second-order valence-corrected chi connectivity index (χ2v) is 7.14. The summed E-state index contributed by atoms with van der Waals surface area (Å²) in [6.07, 6.45) is 0.775. The maximum Gasteiger partial charge on any atom is 0.338 e. The van der Waals surface area contributed by atoms with Crippen LogP contribution in [0.5, 0.6) is 17.2 Å². The molecule has 0 saturated carbocycles. The van der Waals surface area contributed by atoms with Crippen LogP contribution in [0.25, 0.3) is 0 Å². The van der Waals surface area contributed by atoms with Crippen molar-refractivity contribution in [2.24, 2.45) is 0 Å². The van der Waals surface area contributed by atoms with E-state index in [0.717, 1.165) is 24.1 Å². The lowest BCUT2D eigenvalue weighted by Gasteiger charge is -2.34. The molecule has 0 aliphatic carbocycles. The first-order chi connectivity index (χ1) is 14.5. The highest BCUT2D eigenvalue weighted by molar-refractivity contribution is 5.97. The van der Waals surface area contributed by atoms with Gasteiger partial charge < -0.3 is 24.3 Å². The molecular weight excluding hydrogens is 388 g/mol. The van der Waals surface area contributed by atoms with E-state index >= 15 is 0 Å². The molecule has 0 radical (unpaired) electrons. The van der Waals surface area contributed by atoms with E-state index in [4.69, 9.17) is 18.9 Å². The number of ether oxygens (including phenoxy) is 4. The summed E-state index contributed by atoms with van der Waals surface area (Å²) < 4.78 is 21.7. The van der Waals surface area contributed by atoms with Gasteiger partial charge in [-0.2, -0.15) is 0 Å². The van der Waals surface area contributed by atoms with Crippen LogP contribution in [0.15, 0.2) is 30.3 Å². The van der Waals surface area contributed by atoms with Crippen molar-refractivity contribution in [3.8, 4) is 17.2 Å².